The summed E-state index contributed by atoms with van der Waals surface area (Å²) in [7, 11) is 1.61. The Morgan fingerprint density at radius 1 is 1.24 bits per heavy atom. The Labute approximate surface area is 177 Å². The summed E-state index contributed by atoms with van der Waals surface area (Å²) < 4.78 is 8.59. The molecule has 4 aromatic rings. The minimum Gasteiger partial charge on any atom is -0.497 e. The van der Waals surface area contributed by atoms with Gasteiger partial charge in [0.1, 0.15) is 16.6 Å². The quantitative estimate of drug-likeness (QED) is 0.420. The number of anilines is 1. The Morgan fingerprint density at radius 3 is 2.86 bits per heavy atom. The Bertz CT molecular complexity index is 1170. The molecule has 0 aliphatic rings. The van der Waals surface area contributed by atoms with Gasteiger partial charge < -0.3 is 10.1 Å². The Kier molecular flexibility index (Phi) is 5.73. The molecule has 8 heteroatoms. The second kappa shape index (κ2) is 8.42. The zero-order chi connectivity index (χ0) is 20.4. The Hall–Kier alpha value is -2.58. The highest BCUT2D eigenvalue weighted by Crippen LogP contribution is 2.34. The first kappa shape index (κ1) is 19.7. The lowest BCUT2D eigenvalue weighted by atomic mass is 10.2. The summed E-state index contributed by atoms with van der Waals surface area (Å²) in [5.74, 6) is 1.57. The van der Waals surface area contributed by atoms with Crippen LogP contribution >= 0.6 is 23.1 Å². The van der Waals surface area contributed by atoms with E-state index in [0.29, 0.717) is 17.9 Å². The van der Waals surface area contributed by atoms with Crippen LogP contribution in [0.1, 0.15) is 26.1 Å². The lowest BCUT2D eigenvalue weighted by Gasteiger charge is -2.15. The number of hydrogen-bond donors (Lipinski definition) is 1. The number of thioether (sulfide) groups is 1. The number of methoxy groups -OCH3 is 1. The topological polar surface area (TPSA) is 68.5 Å². The fourth-order valence-corrected chi connectivity index (χ4v) is 5.02. The van der Waals surface area contributed by atoms with Crippen molar-refractivity contribution < 1.29 is 9.53 Å². The summed E-state index contributed by atoms with van der Waals surface area (Å²) in [5.41, 5.74) is 2.87. The molecule has 150 valence electrons. The highest BCUT2D eigenvalue weighted by molar-refractivity contribution is 8.00. The van der Waals surface area contributed by atoms with Crippen molar-refractivity contribution in [3.05, 3.63) is 47.6 Å². The molecule has 1 amide bonds. The van der Waals surface area contributed by atoms with Gasteiger partial charge in [-0.25, -0.2) is 0 Å². The van der Waals surface area contributed by atoms with Crippen molar-refractivity contribution in [3.8, 4) is 5.75 Å². The molecule has 6 nitrogen and oxygen atoms in total. The van der Waals surface area contributed by atoms with Gasteiger partial charge in [0.2, 0.25) is 5.91 Å². The molecule has 3 aromatic heterocycles. The van der Waals surface area contributed by atoms with Crippen LogP contribution in [0, 0.1) is 0 Å². The number of ether oxygens (including phenoxy) is 1. The first-order chi connectivity index (χ1) is 14.1. The molecule has 0 radical (unpaired) electrons. The van der Waals surface area contributed by atoms with Gasteiger partial charge in [0.05, 0.1) is 28.1 Å². The van der Waals surface area contributed by atoms with Gasteiger partial charge in [-0.05, 0) is 36.1 Å². The molecule has 1 atom stereocenters. The fourth-order valence-electron chi connectivity index (χ4n) is 3.25. The van der Waals surface area contributed by atoms with E-state index in [-0.39, 0.29) is 11.2 Å². The van der Waals surface area contributed by atoms with E-state index in [9.17, 15) is 4.79 Å². The molecule has 1 N–H and O–H groups in total. The predicted molar refractivity (Wildman–Crippen MR) is 119 cm³/mol. The van der Waals surface area contributed by atoms with Crippen molar-refractivity contribution in [1.29, 1.82) is 0 Å². The number of nitrogens with zero attached hydrogens (tertiary/aromatic N) is 3. The smallest absolute Gasteiger partial charge is 0.237 e. The number of amides is 1. The number of nitrogens with one attached hydrogen (secondary N) is 1. The van der Waals surface area contributed by atoms with Crippen molar-refractivity contribution >= 4 is 50.4 Å². The van der Waals surface area contributed by atoms with Gasteiger partial charge in [0.25, 0.3) is 0 Å². The van der Waals surface area contributed by atoms with Crippen molar-refractivity contribution in [2.24, 2.45) is 0 Å². The summed E-state index contributed by atoms with van der Waals surface area (Å²) in [6.45, 7) is 4.08. The van der Waals surface area contributed by atoms with Crippen LogP contribution in [0.3, 0.4) is 0 Å². The molecule has 0 spiro atoms. The average Bonchev–Trinajstić information content (AvgIpc) is 3.33. The first-order valence-corrected chi connectivity index (χ1v) is 11.3. The largest absolute Gasteiger partial charge is 0.497 e. The maximum atomic E-state index is 12.9. The molecule has 0 fully saturated rings. The van der Waals surface area contributed by atoms with E-state index in [0.717, 1.165) is 28.3 Å². The number of carbonyl (C=O) groups is 1. The zero-order valence-electron chi connectivity index (χ0n) is 16.5. The minimum atomic E-state index is -0.278. The summed E-state index contributed by atoms with van der Waals surface area (Å²) in [6, 6.07) is 11.6. The van der Waals surface area contributed by atoms with Gasteiger partial charge in [0, 0.05) is 18.2 Å². The van der Waals surface area contributed by atoms with Crippen LogP contribution in [0.5, 0.6) is 5.75 Å². The summed E-state index contributed by atoms with van der Waals surface area (Å²) in [6.07, 6.45) is 1.47. The van der Waals surface area contributed by atoms with E-state index in [1.165, 1.54) is 16.5 Å². The summed E-state index contributed by atoms with van der Waals surface area (Å²) in [4.78, 5) is 12.9. The van der Waals surface area contributed by atoms with E-state index in [1.807, 2.05) is 31.2 Å². The zero-order valence-corrected chi connectivity index (χ0v) is 18.1. The highest BCUT2D eigenvalue weighted by Gasteiger charge is 2.22. The van der Waals surface area contributed by atoms with Crippen LogP contribution in [0.15, 0.2) is 46.8 Å². The number of benzene rings is 1. The third-order valence-corrected chi connectivity index (χ3v) is 6.93. The van der Waals surface area contributed by atoms with Crippen LogP contribution in [0.2, 0.25) is 0 Å². The molecule has 4 rings (SSSR count). The van der Waals surface area contributed by atoms with Crippen molar-refractivity contribution in [1.82, 2.24) is 14.6 Å². The number of aryl methyl sites for hydroxylation is 1. The first-order valence-electron chi connectivity index (χ1n) is 9.50. The number of carbonyl (C=O) groups excluding carboxylic acids is 1. The van der Waals surface area contributed by atoms with Crippen LogP contribution in [0.25, 0.3) is 15.7 Å². The number of thiophene rings is 1. The van der Waals surface area contributed by atoms with Crippen LogP contribution < -0.4 is 10.1 Å². The molecule has 1 unspecified atom stereocenters. The second-order valence-electron chi connectivity index (χ2n) is 6.55. The molecule has 0 bridgehead atoms. The standard InChI is InChI=1S/C21H22N4O2S2/c1-4-17(20(26)22-13-7-6-8-14(11-13)27-3)29-21-16-12-18-15(9-10-28-18)25(16)19(5-2)23-24-21/h6-12,17H,4-5H2,1-3H3,(H,22,26). The van der Waals surface area contributed by atoms with Crippen molar-refractivity contribution in [2.75, 3.05) is 12.4 Å². The third-order valence-electron chi connectivity index (χ3n) is 4.73. The van der Waals surface area contributed by atoms with Crippen LogP contribution in [-0.4, -0.2) is 32.9 Å². The lowest BCUT2D eigenvalue weighted by Crippen LogP contribution is -2.24. The average molecular weight is 427 g/mol. The molecule has 0 saturated heterocycles. The fraction of sp³-hybridized carbons (Fsp3) is 0.286. The van der Waals surface area contributed by atoms with Crippen molar-refractivity contribution in [2.45, 2.75) is 37.0 Å². The lowest BCUT2D eigenvalue weighted by molar-refractivity contribution is -0.115. The molecule has 0 aliphatic heterocycles. The Morgan fingerprint density at radius 2 is 2.10 bits per heavy atom. The minimum absolute atomic E-state index is 0.0568. The van der Waals surface area contributed by atoms with Crippen LogP contribution in [-0.2, 0) is 11.2 Å². The van der Waals surface area contributed by atoms with Gasteiger partial charge in [-0.1, -0.05) is 31.7 Å². The molecule has 29 heavy (non-hydrogen) atoms. The molecule has 0 saturated carbocycles. The molecule has 3 heterocycles. The van der Waals surface area contributed by atoms with Crippen LogP contribution in [0.4, 0.5) is 5.69 Å². The molecular formula is C21H22N4O2S2. The number of rotatable bonds is 7. The van der Waals surface area contributed by atoms with Gasteiger partial charge in [-0.15, -0.1) is 21.5 Å². The van der Waals surface area contributed by atoms with Gasteiger partial charge in [-0.2, -0.15) is 0 Å². The predicted octanol–water partition coefficient (Wildman–Crippen LogP) is 5.02. The van der Waals surface area contributed by atoms with Gasteiger partial charge >= 0.3 is 0 Å². The van der Waals surface area contributed by atoms with Gasteiger partial charge in [-0.3, -0.25) is 9.20 Å². The molecular weight excluding hydrogens is 404 g/mol. The SMILES string of the molecule is CCc1nnc(SC(CC)C(=O)Nc2cccc(OC)c2)c2cc3sccc3n12. The van der Waals surface area contributed by atoms with E-state index in [2.05, 4.69) is 44.4 Å². The molecule has 1 aromatic carbocycles. The van der Waals surface area contributed by atoms with E-state index >= 15 is 0 Å². The number of hydrogen-bond acceptors (Lipinski definition) is 6. The number of fused-ring (bicyclic) bond motifs is 3. The Balaban J connectivity index is 1.62. The number of aromatic nitrogens is 3. The maximum absolute atomic E-state index is 12.9. The van der Waals surface area contributed by atoms with Gasteiger partial charge in [0.15, 0.2) is 0 Å². The maximum Gasteiger partial charge on any atom is 0.237 e. The van der Waals surface area contributed by atoms with E-state index in [1.54, 1.807) is 18.4 Å². The third kappa shape index (κ3) is 3.82. The van der Waals surface area contributed by atoms with E-state index < -0.39 is 0 Å². The second-order valence-corrected chi connectivity index (χ2v) is 8.69. The normalized spacial score (nSPS) is 12.4. The van der Waals surface area contributed by atoms with Crippen molar-refractivity contribution in [3.63, 3.8) is 0 Å². The summed E-state index contributed by atoms with van der Waals surface area (Å²) in [5, 5.41) is 14.5. The highest BCUT2D eigenvalue weighted by atomic mass is 32.2. The monoisotopic (exact) mass is 426 g/mol. The summed E-state index contributed by atoms with van der Waals surface area (Å²) >= 11 is 3.16. The van der Waals surface area contributed by atoms with E-state index in [4.69, 9.17) is 4.74 Å². The molecule has 0 aliphatic carbocycles.